The van der Waals surface area contributed by atoms with Crippen LogP contribution in [0.3, 0.4) is 0 Å². The molecule has 6 rings (SSSR count). The molecule has 8 bridgehead atoms. The second-order valence-electron chi connectivity index (χ2n) is 11.9. The predicted molar refractivity (Wildman–Crippen MR) is 182 cm³/mol. The lowest BCUT2D eigenvalue weighted by molar-refractivity contribution is 0.217. The minimum absolute atomic E-state index is 0.317. The van der Waals surface area contributed by atoms with Gasteiger partial charge in [-0.15, -0.1) is 0 Å². The van der Waals surface area contributed by atoms with Crippen LogP contribution in [0.1, 0.15) is 88.0 Å². The van der Waals surface area contributed by atoms with Gasteiger partial charge in [0.2, 0.25) is 0 Å². The number of hydrogen-bond donors (Lipinski definition) is 2. The maximum Gasteiger partial charge on any atom is 0.165 e. The van der Waals surface area contributed by atoms with Gasteiger partial charge in [0.25, 0.3) is 0 Å². The summed E-state index contributed by atoms with van der Waals surface area (Å²) in [6, 6.07) is 19.5. The summed E-state index contributed by atoms with van der Waals surface area (Å²) in [4.78, 5) is 16.5. The lowest BCUT2D eigenvalue weighted by atomic mass is 9.96. The molecule has 44 heavy (non-hydrogen) atoms. The third-order valence-electron chi connectivity index (χ3n) is 8.32. The van der Waals surface area contributed by atoms with Gasteiger partial charge in [0.1, 0.15) is 0 Å². The summed E-state index contributed by atoms with van der Waals surface area (Å²) in [7, 11) is 0. The molecule has 2 aliphatic heterocycles. The molecule has 1 atom stereocenters. The van der Waals surface area contributed by atoms with Crippen molar-refractivity contribution in [2.45, 2.75) is 65.2 Å². The Labute approximate surface area is 259 Å². The van der Waals surface area contributed by atoms with E-state index in [2.05, 4.69) is 23.8 Å². The van der Waals surface area contributed by atoms with Crippen molar-refractivity contribution < 1.29 is 9.13 Å². The average molecular weight is 589 g/mol. The highest BCUT2D eigenvalue weighted by atomic mass is 19.1. The predicted octanol–water partition coefficient (Wildman–Crippen LogP) is 10.6. The highest BCUT2D eigenvalue weighted by molar-refractivity contribution is 5.88. The molecule has 5 nitrogen and oxygen atoms in total. The van der Waals surface area contributed by atoms with Crippen molar-refractivity contribution in [3.05, 3.63) is 89.3 Å². The van der Waals surface area contributed by atoms with E-state index in [9.17, 15) is 0 Å². The first-order valence-electron chi connectivity index (χ1n) is 16.1. The number of nitrogens with one attached hydrogen (secondary N) is 2. The van der Waals surface area contributed by atoms with Crippen molar-refractivity contribution in [1.29, 1.82) is 0 Å². The monoisotopic (exact) mass is 588 g/mol. The Morgan fingerprint density at radius 1 is 0.659 bits per heavy atom. The zero-order chi connectivity index (χ0) is 30.3. The van der Waals surface area contributed by atoms with Gasteiger partial charge in [-0.1, -0.05) is 58.4 Å². The van der Waals surface area contributed by atoms with Gasteiger partial charge in [-0.2, -0.15) is 0 Å². The molecule has 2 aliphatic rings. The van der Waals surface area contributed by atoms with Gasteiger partial charge in [-0.05, 0) is 103 Å². The minimum Gasteiger partial charge on any atom is -0.490 e. The van der Waals surface area contributed by atoms with Crippen molar-refractivity contribution in [3.63, 3.8) is 0 Å². The Hall–Kier alpha value is -4.45. The Morgan fingerprint density at radius 3 is 1.95 bits per heavy atom. The molecule has 3 aromatic heterocycles. The summed E-state index contributed by atoms with van der Waals surface area (Å²) in [5.74, 6) is 0.433. The van der Waals surface area contributed by atoms with E-state index in [0.717, 1.165) is 68.8 Å². The zero-order valence-corrected chi connectivity index (χ0v) is 25.7. The number of aromatic nitrogens is 4. The standard InChI is InChI=1S/C38H41FN4O/c1-3-5-7-8-10-26(9-6-4-2)25-44-38-18-11-27(19-36(38)39)35-23-34-22-32-15-14-30(41-32)20-28-12-13-29(40-28)21-31-16-17-33(42-31)24-37(35)43-34/h11-24,26,40,43H,3-10,25H2,1-2H3. The van der Waals surface area contributed by atoms with E-state index in [0.29, 0.717) is 18.3 Å². The average Bonchev–Trinajstić information content (AvgIpc) is 3.83. The number of benzene rings is 1. The summed E-state index contributed by atoms with van der Waals surface area (Å²) < 4.78 is 21.6. The minimum atomic E-state index is -0.342. The summed E-state index contributed by atoms with van der Waals surface area (Å²) >= 11 is 0. The van der Waals surface area contributed by atoms with Gasteiger partial charge >= 0.3 is 0 Å². The number of unbranched alkanes of at least 4 members (excludes halogenated alkanes) is 4. The molecule has 1 aromatic carbocycles. The number of nitrogens with zero attached hydrogens (tertiary/aromatic N) is 2. The first-order valence-corrected chi connectivity index (χ1v) is 16.1. The number of aromatic amines is 2. The summed E-state index contributed by atoms with van der Waals surface area (Å²) in [5.41, 5.74) is 8.76. The summed E-state index contributed by atoms with van der Waals surface area (Å²) in [5, 5.41) is 0. The SMILES string of the molecule is CCCCCCC(CCCC)COc1ccc(-c2cc3cc4nc(cc5ccc(cc6nc(cc2[nH]3)C=C6)[nH]5)C=C4)cc1F. The first kappa shape index (κ1) is 29.6. The van der Waals surface area contributed by atoms with Gasteiger partial charge in [-0.25, -0.2) is 14.4 Å². The molecule has 0 radical (unpaired) electrons. The van der Waals surface area contributed by atoms with E-state index in [1.54, 1.807) is 12.1 Å². The van der Waals surface area contributed by atoms with Crippen LogP contribution in [-0.2, 0) is 0 Å². The second kappa shape index (κ2) is 13.9. The number of halogens is 1. The largest absolute Gasteiger partial charge is 0.490 e. The molecule has 226 valence electrons. The molecule has 1 unspecified atom stereocenters. The maximum atomic E-state index is 15.5. The Bertz CT molecular complexity index is 1830. The lowest BCUT2D eigenvalue weighted by Gasteiger charge is -2.18. The molecule has 4 aromatic rings. The molecule has 0 spiro atoms. The van der Waals surface area contributed by atoms with E-state index in [1.807, 2.05) is 72.8 Å². The smallest absolute Gasteiger partial charge is 0.165 e. The van der Waals surface area contributed by atoms with E-state index < -0.39 is 0 Å². The molecule has 0 aliphatic carbocycles. The van der Waals surface area contributed by atoms with Crippen LogP contribution < -0.4 is 4.74 Å². The van der Waals surface area contributed by atoms with E-state index in [-0.39, 0.29) is 5.82 Å². The van der Waals surface area contributed by atoms with Crippen LogP contribution in [0.5, 0.6) is 5.75 Å². The Morgan fingerprint density at radius 2 is 1.30 bits per heavy atom. The van der Waals surface area contributed by atoms with Crippen LogP contribution in [0.2, 0.25) is 0 Å². The first-order chi connectivity index (χ1) is 21.6. The van der Waals surface area contributed by atoms with Gasteiger partial charge in [-0.3, -0.25) is 0 Å². The molecule has 0 fully saturated rings. The third-order valence-corrected chi connectivity index (χ3v) is 8.32. The van der Waals surface area contributed by atoms with E-state index in [1.165, 1.54) is 38.5 Å². The summed E-state index contributed by atoms with van der Waals surface area (Å²) in [6.07, 6.45) is 17.6. The highest BCUT2D eigenvalue weighted by Crippen LogP contribution is 2.31. The quantitative estimate of drug-likeness (QED) is 0.140. The maximum absolute atomic E-state index is 15.5. The van der Waals surface area contributed by atoms with Gasteiger partial charge in [0, 0.05) is 27.6 Å². The molecular weight excluding hydrogens is 547 g/mol. The fraction of sp³-hybridized carbons (Fsp3) is 0.316. The molecule has 6 heteroatoms. The van der Waals surface area contributed by atoms with Crippen LogP contribution in [0.4, 0.5) is 4.39 Å². The number of rotatable bonds is 12. The fourth-order valence-electron chi connectivity index (χ4n) is 5.91. The van der Waals surface area contributed by atoms with Gasteiger partial charge in [0.05, 0.1) is 29.4 Å². The normalized spacial score (nSPS) is 13.0. The second-order valence-corrected chi connectivity index (χ2v) is 11.9. The van der Waals surface area contributed by atoms with Crippen molar-refractivity contribution in [2.75, 3.05) is 6.61 Å². The van der Waals surface area contributed by atoms with Gasteiger partial charge in [0.15, 0.2) is 11.6 Å². The summed E-state index contributed by atoms with van der Waals surface area (Å²) in [6.45, 7) is 5.01. The number of hydrogen-bond acceptors (Lipinski definition) is 3. The van der Waals surface area contributed by atoms with E-state index in [4.69, 9.17) is 14.7 Å². The van der Waals surface area contributed by atoms with Crippen molar-refractivity contribution in [2.24, 2.45) is 5.92 Å². The van der Waals surface area contributed by atoms with Crippen molar-refractivity contribution >= 4 is 46.4 Å². The Kier molecular flexibility index (Phi) is 9.35. The molecular formula is C38H41FN4O. The Balaban J connectivity index is 1.32. The fourth-order valence-corrected chi connectivity index (χ4v) is 5.91. The molecule has 0 amide bonds. The van der Waals surface area contributed by atoms with E-state index >= 15 is 4.39 Å². The van der Waals surface area contributed by atoms with Crippen LogP contribution in [-0.4, -0.2) is 26.5 Å². The highest BCUT2D eigenvalue weighted by Gasteiger charge is 2.14. The number of ether oxygens (including phenoxy) is 1. The topological polar surface area (TPSA) is 66.6 Å². The van der Waals surface area contributed by atoms with Crippen LogP contribution in [0, 0.1) is 11.7 Å². The van der Waals surface area contributed by atoms with Crippen molar-refractivity contribution in [3.8, 4) is 16.9 Å². The van der Waals surface area contributed by atoms with Gasteiger partial charge < -0.3 is 14.7 Å². The number of H-pyrrole nitrogens is 2. The lowest BCUT2D eigenvalue weighted by Crippen LogP contribution is -2.13. The molecule has 5 heterocycles. The molecule has 0 saturated carbocycles. The third kappa shape index (κ3) is 7.36. The van der Waals surface area contributed by atoms with Crippen molar-refractivity contribution in [1.82, 2.24) is 19.9 Å². The van der Waals surface area contributed by atoms with Crippen LogP contribution in [0.25, 0.3) is 57.5 Å². The molecule has 0 saturated heterocycles. The molecule has 2 N–H and O–H groups in total. The number of fused-ring (bicyclic) bond motifs is 8. The van der Waals surface area contributed by atoms with Crippen LogP contribution >= 0.6 is 0 Å². The zero-order valence-electron chi connectivity index (χ0n) is 25.7. The van der Waals surface area contributed by atoms with Crippen LogP contribution in [0.15, 0.2) is 60.7 Å².